The minimum Gasteiger partial charge on any atom is -0.465 e. The summed E-state index contributed by atoms with van der Waals surface area (Å²) in [6.07, 6.45) is -0.962. The van der Waals surface area contributed by atoms with Gasteiger partial charge in [-0.15, -0.1) is 0 Å². The van der Waals surface area contributed by atoms with E-state index in [4.69, 9.17) is 5.11 Å². The van der Waals surface area contributed by atoms with Crippen molar-refractivity contribution in [2.24, 2.45) is 0 Å². The van der Waals surface area contributed by atoms with Crippen molar-refractivity contribution in [3.8, 4) is 0 Å². The van der Waals surface area contributed by atoms with Gasteiger partial charge in [-0.25, -0.2) is 18.6 Å². The molecular formula is C7H9F2N3O2. The van der Waals surface area contributed by atoms with Crippen LogP contribution in [-0.2, 0) is 13.1 Å². The number of amides is 1. The van der Waals surface area contributed by atoms with Gasteiger partial charge >= 0.3 is 6.09 Å². The van der Waals surface area contributed by atoms with Gasteiger partial charge in [0.1, 0.15) is 5.82 Å². The van der Waals surface area contributed by atoms with Crippen molar-refractivity contribution in [1.82, 2.24) is 14.9 Å². The lowest BCUT2D eigenvalue weighted by molar-refractivity contribution is 0.125. The van der Waals surface area contributed by atoms with Crippen LogP contribution in [0.3, 0.4) is 0 Å². The maximum absolute atomic E-state index is 12.0. The summed E-state index contributed by atoms with van der Waals surface area (Å²) in [5.41, 5.74) is 0. The molecule has 1 rings (SSSR count). The van der Waals surface area contributed by atoms with E-state index in [1.165, 1.54) is 17.0 Å². The Morgan fingerprint density at radius 2 is 2.43 bits per heavy atom. The van der Waals surface area contributed by atoms with Crippen molar-refractivity contribution in [2.45, 2.75) is 19.5 Å². The molecular weight excluding hydrogens is 196 g/mol. The number of alkyl halides is 2. The number of nitrogens with one attached hydrogen (secondary N) is 1. The van der Waals surface area contributed by atoms with E-state index in [2.05, 4.69) is 4.98 Å². The second-order valence-corrected chi connectivity index (χ2v) is 2.55. The standard InChI is InChI=1S/C7H9F2N3O2/c8-5(9)4-12-2-1-10-6(12)3-11-7(13)14/h1-2,5,11H,3-4H2,(H,13,14). The van der Waals surface area contributed by atoms with Crippen LogP contribution >= 0.6 is 0 Å². The van der Waals surface area contributed by atoms with Crippen molar-refractivity contribution < 1.29 is 18.7 Å². The van der Waals surface area contributed by atoms with Gasteiger partial charge in [0.25, 0.3) is 6.43 Å². The Morgan fingerprint density at radius 3 is 3.00 bits per heavy atom. The molecule has 0 unspecified atom stereocenters. The lowest BCUT2D eigenvalue weighted by atomic mass is 10.5. The fraction of sp³-hybridized carbons (Fsp3) is 0.429. The molecule has 0 aliphatic carbocycles. The Kier molecular flexibility index (Phi) is 3.38. The molecule has 1 heterocycles. The van der Waals surface area contributed by atoms with Crippen LogP contribution in [0.2, 0.25) is 0 Å². The molecule has 0 spiro atoms. The molecule has 7 heteroatoms. The van der Waals surface area contributed by atoms with Crippen LogP contribution < -0.4 is 5.32 Å². The van der Waals surface area contributed by atoms with E-state index < -0.39 is 19.1 Å². The minimum absolute atomic E-state index is 0.0744. The predicted octanol–water partition coefficient (Wildman–Crippen LogP) is 0.916. The Morgan fingerprint density at radius 1 is 1.71 bits per heavy atom. The highest BCUT2D eigenvalue weighted by molar-refractivity contribution is 5.64. The number of rotatable bonds is 4. The molecule has 0 aromatic carbocycles. The number of aromatic nitrogens is 2. The molecule has 0 radical (unpaired) electrons. The summed E-state index contributed by atoms with van der Waals surface area (Å²) >= 11 is 0. The summed E-state index contributed by atoms with van der Waals surface area (Å²) in [7, 11) is 0. The normalized spacial score (nSPS) is 10.5. The van der Waals surface area contributed by atoms with Gasteiger partial charge in [0.2, 0.25) is 0 Å². The number of halogens is 2. The predicted molar refractivity (Wildman–Crippen MR) is 43.1 cm³/mol. The zero-order chi connectivity index (χ0) is 10.6. The molecule has 0 aliphatic heterocycles. The number of carbonyl (C=O) groups is 1. The summed E-state index contributed by atoms with van der Waals surface area (Å²) in [6.45, 7) is -0.550. The maximum Gasteiger partial charge on any atom is 0.405 e. The third-order valence-corrected chi connectivity index (χ3v) is 1.53. The molecule has 0 atom stereocenters. The number of carboxylic acid groups (broad SMARTS) is 1. The van der Waals surface area contributed by atoms with Crippen LogP contribution in [0, 0.1) is 0 Å². The molecule has 0 bridgehead atoms. The van der Waals surface area contributed by atoms with E-state index in [-0.39, 0.29) is 12.4 Å². The van der Waals surface area contributed by atoms with Crippen molar-refractivity contribution >= 4 is 6.09 Å². The first-order chi connectivity index (χ1) is 6.59. The average molecular weight is 205 g/mol. The van der Waals surface area contributed by atoms with E-state index in [1.807, 2.05) is 5.32 Å². The van der Waals surface area contributed by atoms with Crippen molar-refractivity contribution in [3.63, 3.8) is 0 Å². The second-order valence-electron chi connectivity index (χ2n) is 2.55. The Labute approximate surface area is 78.4 Å². The fourth-order valence-corrected chi connectivity index (χ4v) is 0.977. The largest absolute Gasteiger partial charge is 0.465 e. The lowest BCUT2D eigenvalue weighted by Gasteiger charge is -2.06. The van der Waals surface area contributed by atoms with E-state index in [0.29, 0.717) is 0 Å². The van der Waals surface area contributed by atoms with E-state index >= 15 is 0 Å². The number of hydrogen-bond acceptors (Lipinski definition) is 2. The maximum atomic E-state index is 12.0. The van der Waals surface area contributed by atoms with Gasteiger partial charge in [0.05, 0.1) is 13.1 Å². The average Bonchev–Trinajstić information content (AvgIpc) is 2.47. The number of hydrogen-bond donors (Lipinski definition) is 2. The first kappa shape index (κ1) is 10.4. The highest BCUT2D eigenvalue weighted by Gasteiger charge is 2.08. The highest BCUT2D eigenvalue weighted by atomic mass is 19.3. The third-order valence-electron chi connectivity index (χ3n) is 1.53. The van der Waals surface area contributed by atoms with Gasteiger partial charge in [0.15, 0.2) is 0 Å². The van der Waals surface area contributed by atoms with E-state index in [0.717, 1.165) is 0 Å². The smallest absolute Gasteiger partial charge is 0.405 e. The second kappa shape index (κ2) is 4.54. The molecule has 1 aromatic rings. The Balaban J connectivity index is 2.58. The summed E-state index contributed by atoms with van der Waals surface area (Å²) in [5.74, 6) is 0.271. The topological polar surface area (TPSA) is 67.2 Å². The van der Waals surface area contributed by atoms with E-state index in [1.54, 1.807) is 0 Å². The zero-order valence-corrected chi connectivity index (χ0v) is 7.15. The molecule has 78 valence electrons. The SMILES string of the molecule is O=C(O)NCc1nccn1CC(F)F. The Hall–Kier alpha value is -1.66. The molecule has 5 nitrogen and oxygen atoms in total. The van der Waals surface area contributed by atoms with E-state index in [9.17, 15) is 13.6 Å². The lowest BCUT2D eigenvalue weighted by Crippen LogP contribution is -2.23. The minimum atomic E-state index is -2.48. The van der Waals surface area contributed by atoms with Gasteiger partial charge in [-0.2, -0.15) is 0 Å². The van der Waals surface area contributed by atoms with Crippen LogP contribution in [0.4, 0.5) is 13.6 Å². The first-order valence-corrected chi connectivity index (χ1v) is 3.84. The van der Waals surface area contributed by atoms with Crippen molar-refractivity contribution in [2.75, 3.05) is 0 Å². The molecule has 1 aromatic heterocycles. The Bertz CT molecular complexity index is 314. The molecule has 14 heavy (non-hydrogen) atoms. The van der Waals surface area contributed by atoms with Crippen molar-refractivity contribution in [3.05, 3.63) is 18.2 Å². The quantitative estimate of drug-likeness (QED) is 0.767. The van der Waals surface area contributed by atoms with Gasteiger partial charge in [0, 0.05) is 12.4 Å². The molecule has 0 aliphatic rings. The highest BCUT2D eigenvalue weighted by Crippen LogP contribution is 2.02. The fourth-order valence-electron chi connectivity index (χ4n) is 0.977. The van der Waals surface area contributed by atoms with Gasteiger partial charge < -0.3 is 15.0 Å². The molecule has 1 amide bonds. The summed E-state index contributed by atoms with van der Waals surface area (Å²) in [5, 5.41) is 10.3. The van der Waals surface area contributed by atoms with Crippen LogP contribution in [0.25, 0.3) is 0 Å². The van der Waals surface area contributed by atoms with Gasteiger partial charge in [-0.3, -0.25) is 0 Å². The van der Waals surface area contributed by atoms with Crippen LogP contribution in [0.15, 0.2) is 12.4 Å². The van der Waals surface area contributed by atoms with Crippen LogP contribution in [0.1, 0.15) is 5.82 Å². The molecule has 2 N–H and O–H groups in total. The third kappa shape index (κ3) is 3.00. The van der Waals surface area contributed by atoms with Crippen LogP contribution in [-0.4, -0.2) is 27.2 Å². The van der Waals surface area contributed by atoms with Gasteiger partial charge in [-0.1, -0.05) is 0 Å². The molecule has 0 saturated carbocycles. The number of imidazole rings is 1. The van der Waals surface area contributed by atoms with Crippen molar-refractivity contribution in [1.29, 1.82) is 0 Å². The summed E-state index contributed by atoms with van der Waals surface area (Å²) < 4.78 is 25.2. The number of nitrogens with zero attached hydrogens (tertiary/aromatic N) is 2. The zero-order valence-electron chi connectivity index (χ0n) is 7.15. The van der Waals surface area contributed by atoms with Crippen LogP contribution in [0.5, 0.6) is 0 Å². The first-order valence-electron chi connectivity index (χ1n) is 3.84. The summed E-state index contributed by atoms with van der Waals surface area (Å²) in [4.78, 5) is 13.9. The molecule has 0 saturated heterocycles. The molecule has 0 fully saturated rings. The van der Waals surface area contributed by atoms with Gasteiger partial charge in [-0.05, 0) is 0 Å². The summed E-state index contributed by atoms with van der Waals surface area (Å²) in [6, 6.07) is 0. The monoisotopic (exact) mass is 205 g/mol.